The van der Waals surface area contributed by atoms with Crippen LogP contribution in [0.5, 0.6) is 0 Å². The number of benzene rings is 2. The van der Waals surface area contributed by atoms with E-state index < -0.39 is 0 Å². The Morgan fingerprint density at radius 2 is 2.07 bits per heavy atom. The largest absolute Gasteiger partial charge is 0.363 e. The van der Waals surface area contributed by atoms with Crippen molar-refractivity contribution in [1.82, 2.24) is 9.88 Å². The molecule has 0 radical (unpaired) electrons. The number of amidine groups is 1. The number of hydrogen-bond donors (Lipinski definition) is 1. The molecule has 1 aromatic heterocycles. The number of para-hydroxylation sites is 1. The third-order valence-corrected chi connectivity index (χ3v) is 6.27. The van der Waals surface area contributed by atoms with E-state index in [0.717, 1.165) is 47.1 Å². The number of thioether (sulfide) groups is 1. The Kier molecular flexibility index (Phi) is 5.46. The summed E-state index contributed by atoms with van der Waals surface area (Å²) in [5, 5.41) is 2.04. The summed E-state index contributed by atoms with van der Waals surface area (Å²) < 4.78 is 0. The molecule has 4 rings (SSSR count). The maximum Gasteiger partial charge on any atom is 0.0987 e. The fraction of sp³-hybridized carbons (Fsp3) is 0.318. The van der Waals surface area contributed by atoms with E-state index >= 15 is 0 Å². The molecule has 0 aliphatic carbocycles. The number of H-pyrrole nitrogens is 1. The molecule has 1 saturated heterocycles. The molecule has 0 atom stereocenters. The summed E-state index contributed by atoms with van der Waals surface area (Å²) in [6, 6.07) is 14.7. The first-order chi connectivity index (χ1) is 13.1. The van der Waals surface area contributed by atoms with Gasteiger partial charge in [-0.15, -0.1) is 11.8 Å². The highest BCUT2D eigenvalue weighted by Crippen LogP contribution is 2.38. The molecular weight excluding hydrogens is 374 g/mol. The van der Waals surface area contributed by atoms with E-state index in [-0.39, 0.29) is 0 Å². The number of rotatable bonds is 5. The van der Waals surface area contributed by atoms with E-state index in [1.165, 1.54) is 28.1 Å². The molecule has 2 heterocycles. The number of halogens is 1. The third kappa shape index (κ3) is 4.02. The first kappa shape index (κ1) is 18.5. The lowest BCUT2D eigenvalue weighted by atomic mass is 10.1. The Hall–Kier alpha value is -1.91. The van der Waals surface area contributed by atoms with Gasteiger partial charge in [-0.25, -0.2) is 0 Å². The Bertz CT molecular complexity index is 972. The van der Waals surface area contributed by atoms with Crippen molar-refractivity contribution in [1.29, 1.82) is 0 Å². The van der Waals surface area contributed by atoms with Crippen LogP contribution in [-0.2, 0) is 0 Å². The first-order valence-electron chi connectivity index (χ1n) is 9.37. The Morgan fingerprint density at radius 3 is 2.85 bits per heavy atom. The standard InChI is InChI=1S/C22H24ClN3S/c1-15-12-16(14-17(23)13-15)21-22(18-6-3-4-7-19(18)25-21)27-11-9-24-20-8-5-10-26(20)2/h3-4,6-7,12-14,25H,5,8-11H2,1-2H3/b24-20+. The normalized spacial score (nSPS) is 16.0. The second-order valence-corrected chi connectivity index (χ2v) is 8.61. The van der Waals surface area contributed by atoms with Crippen LogP contribution in [0.25, 0.3) is 22.2 Å². The van der Waals surface area contributed by atoms with E-state index in [0.29, 0.717) is 0 Å². The number of aryl methyl sites for hydroxylation is 1. The molecule has 1 fully saturated rings. The zero-order valence-electron chi connectivity index (χ0n) is 15.8. The minimum Gasteiger partial charge on any atom is -0.363 e. The molecule has 27 heavy (non-hydrogen) atoms. The summed E-state index contributed by atoms with van der Waals surface area (Å²) >= 11 is 8.20. The van der Waals surface area contributed by atoms with Crippen molar-refractivity contribution in [2.24, 2.45) is 4.99 Å². The summed E-state index contributed by atoms with van der Waals surface area (Å²) in [5.74, 6) is 2.21. The van der Waals surface area contributed by atoms with Gasteiger partial charge in [-0.2, -0.15) is 0 Å². The van der Waals surface area contributed by atoms with Crippen molar-refractivity contribution in [3.05, 3.63) is 53.1 Å². The molecule has 0 spiro atoms. The summed E-state index contributed by atoms with van der Waals surface area (Å²) in [6.45, 7) is 4.06. The van der Waals surface area contributed by atoms with Gasteiger partial charge in [0.05, 0.1) is 18.1 Å². The Morgan fingerprint density at radius 1 is 1.22 bits per heavy atom. The number of likely N-dealkylation sites (tertiary alicyclic amines) is 1. The Labute approximate surface area is 169 Å². The lowest BCUT2D eigenvalue weighted by molar-refractivity contribution is 0.548. The zero-order chi connectivity index (χ0) is 18.8. The number of nitrogens with zero attached hydrogens (tertiary/aromatic N) is 2. The van der Waals surface area contributed by atoms with Gasteiger partial charge in [0.15, 0.2) is 0 Å². The van der Waals surface area contributed by atoms with E-state index in [1.807, 2.05) is 23.9 Å². The highest BCUT2D eigenvalue weighted by Gasteiger charge is 2.15. The number of fused-ring (bicyclic) bond motifs is 1. The molecule has 3 nitrogen and oxygen atoms in total. The van der Waals surface area contributed by atoms with E-state index in [4.69, 9.17) is 16.6 Å². The topological polar surface area (TPSA) is 31.4 Å². The Balaban J connectivity index is 1.62. The molecule has 1 N–H and O–H groups in total. The van der Waals surface area contributed by atoms with E-state index in [9.17, 15) is 0 Å². The summed E-state index contributed by atoms with van der Waals surface area (Å²) in [7, 11) is 2.14. The second kappa shape index (κ2) is 7.99. The molecule has 3 aromatic rings. The van der Waals surface area contributed by atoms with Crippen LogP contribution in [0.2, 0.25) is 5.02 Å². The summed E-state index contributed by atoms with van der Waals surface area (Å²) in [6.07, 6.45) is 2.34. The van der Waals surface area contributed by atoms with Gasteiger partial charge in [0, 0.05) is 52.2 Å². The summed E-state index contributed by atoms with van der Waals surface area (Å²) in [4.78, 5) is 12.0. The third-order valence-electron chi connectivity index (χ3n) is 4.96. The van der Waals surface area contributed by atoms with Gasteiger partial charge in [-0.1, -0.05) is 29.8 Å². The highest BCUT2D eigenvalue weighted by atomic mass is 35.5. The lowest BCUT2D eigenvalue weighted by Crippen LogP contribution is -2.19. The molecule has 0 bridgehead atoms. The van der Waals surface area contributed by atoms with Gasteiger partial charge >= 0.3 is 0 Å². The van der Waals surface area contributed by atoms with Crippen LogP contribution < -0.4 is 0 Å². The van der Waals surface area contributed by atoms with Gasteiger partial charge in [-0.3, -0.25) is 4.99 Å². The number of nitrogens with one attached hydrogen (secondary N) is 1. The molecular formula is C22H24ClN3S. The SMILES string of the molecule is Cc1cc(Cl)cc(-c2[nH]c3ccccc3c2SCC/N=C2\CCCN2C)c1. The van der Waals surface area contributed by atoms with Crippen molar-refractivity contribution in [3.63, 3.8) is 0 Å². The predicted molar refractivity (Wildman–Crippen MR) is 118 cm³/mol. The lowest BCUT2D eigenvalue weighted by Gasteiger charge is -2.11. The van der Waals surface area contributed by atoms with Gasteiger partial charge in [0.25, 0.3) is 0 Å². The molecule has 1 aliphatic rings. The van der Waals surface area contributed by atoms with Crippen LogP contribution in [0.4, 0.5) is 0 Å². The van der Waals surface area contributed by atoms with Crippen LogP contribution in [0, 0.1) is 6.92 Å². The number of aliphatic imine (C=N–C) groups is 1. The molecule has 2 aromatic carbocycles. The average Bonchev–Trinajstić information content (AvgIpc) is 3.21. The number of aromatic amines is 1. The van der Waals surface area contributed by atoms with Gasteiger partial charge in [0.1, 0.15) is 0 Å². The quantitative estimate of drug-likeness (QED) is 0.422. The molecule has 5 heteroatoms. The second-order valence-electron chi connectivity index (χ2n) is 7.06. The molecule has 0 saturated carbocycles. The van der Waals surface area contributed by atoms with E-state index in [2.05, 4.69) is 54.2 Å². The smallest absolute Gasteiger partial charge is 0.0987 e. The van der Waals surface area contributed by atoms with Crippen LogP contribution in [0.3, 0.4) is 0 Å². The molecule has 140 valence electrons. The highest BCUT2D eigenvalue weighted by molar-refractivity contribution is 7.99. The van der Waals surface area contributed by atoms with Crippen molar-refractivity contribution >= 4 is 40.1 Å². The first-order valence-corrected chi connectivity index (χ1v) is 10.7. The van der Waals surface area contributed by atoms with Crippen molar-refractivity contribution in [3.8, 4) is 11.3 Å². The maximum absolute atomic E-state index is 6.32. The number of aromatic nitrogens is 1. The minimum atomic E-state index is 0.773. The van der Waals surface area contributed by atoms with Crippen molar-refractivity contribution < 1.29 is 0 Å². The molecule has 0 unspecified atom stereocenters. The van der Waals surface area contributed by atoms with Gasteiger partial charge in [0.2, 0.25) is 0 Å². The van der Waals surface area contributed by atoms with Crippen molar-refractivity contribution in [2.75, 3.05) is 25.9 Å². The predicted octanol–water partition coefficient (Wildman–Crippen LogP) is 6.01. The van der Waals surface area contributed by atoms with Crippen LogP contribution in [0.15, 0.2) is 52.4 Å². The monoisotopic (exact) mass is 397 g/mol. The maximum atomic E-state index is 6.32. The average molecular weight is 398 g/mol. The number of hydrogen-bond acceptors (Lipinski definition) is 2. The summed E-state index contributed by atoms with van der Waals surface area (Å²) in [5.41, 5.74) is 4.62. The van der Waals surface area contributed by atoms with Crippen LogP contribution in [0.1, 0.15) is 18.4 Å². The fourth-order valence-corrected chi connectivity index (χ4v) is 4.99. The zero-order valence-corrected chi connectivity index (χ0v) is 17.3. The minimum absolute atomic E-state index is 0.773. The molecule has 0 amide bonds. The van der Waals surface area contributed by atoms with Crippen LogP contribution in [-0.4, -0.2) is 41.6 Å². The molecule has 1 aliphatic heterocycles. The van der Waals surface area contributed by atoms with Gasteiger partial charge < -0.3 is 9.88 Å². The fourth-order valence-electron chi connectivity index (χ4n) is 3.67. The van der Waals surface area contributed by atoms with Crippen molar-refractivity contribution in [2.45, 2.75) is 24.7 Å². The van der Waals surface area contributed by atoms with Crippen LogP contribution >= 0.6 is 23.4 Å². The van der Waals surface area contributed by atoms with E-state index in [1.54, 1.807) is 0 Å². The van der Waals surface area contributed by atoms with Gasteiger partial charge in [-0.05, 0) is 43.2 Å².